The fourth-order valence-electron chi connectivity index (χ4n) is 2.42. The van der Waals surface area contributed by atoms with Crippen LogP contribution in [0.3, 0.4) is 0 Å². The summed E-state index contributed by atoms with van der Waals surface area (Å²) in [7, 11) is 0. The van der Waals surface area contributed by atoms with Crippen LogP contribution in [0.2, 0.25) is 0 Å². The third-order valence-electron chi connectivity index (χ3n) is 3.99. The molecule has 0 aliphatic carbocycles. The summed E-state index contributed by atoms with van der Waals surface area (Å²) in [6.07, 6.45) is -12.6. The first-order chi connectivity index (χ1) is 10.7. The van der Waals surface area contributed by atoms with Crippen molar-refractivity contribution >= 4 is 0 Å². The highest BCUT2D eigenvalue weighted by molar-refractivity contribution is 4.93. The highest BCUT2D eigenvalue weighted by Crippen LogP contribution is 2.27. The van der Waals surface area contributed by atoms with Crippen LogP contribution in [0, 0.1) is 0 Å². The molecule has 0 radical (unpaired) electrons. The number of hydrogen-bond acceptors (Lipinski definition) is 11. The lowest BCUT2D eigenvalue weighted by atomic mass is 9.97. The number of rotatable bonds is 4. The Morgan fingerprint density at radius 2 is 1.61 bits per heavy atom. The van der Waals surface area contributed by atoms with Gasteiger partial charge in [-0.1, -0.05) is 0 Å². The van der Waals surface area contributed by atoms with Gasteiger partial charge in [-0.3, -0.25) is 0 Å². The SMILES string of the molecule is OC[C@H]1O[C@@H](OCC2(O)OC[C@@H](O)[C@H](O)[C@@H]2O)[C@H](O)[C@@H](O)[C@H]1O. The molecule has 8 N–H and O–H groups in total. The lowest BCUT2D eigenvalue weighted by Gasteiger charge is -2.44. The molecule has 2 aliphatic heterocycles. The zero-order valence-corrected chi connectivity index (χ0v) is 12.0. The molecule has 2 saturated heterocycles. The van der Waals surface area contributed by atoms with Crippen molar-refractivity contribution in [1.29, 1.82) is 0 Å². The van der Waals surface area contributed by atoms with E-state index >= 15 is 0 Å². The average Bonchev–Trinajstić information content (AvgIpc) is 2.54. The van der Waals surface area contributed by atoms with Gasteiger partial charge < -0.3 is 55.1 Å². The van der Waals surface area contributed by atoms with Gasteiger partial charge in [0.2, 0.25) is 5.79 Å². The normalized spacial score (nSPS) is 51.7. The zero-order chi connectivity index (χ0) is 17.4. The van der Waals surface area contributed by atoms with Crippen LogP contribution in [0.15, 0.2) is 0 Å². The molecular weight excluding hydrogens is 320 g/mol. The van der Waals surface area contributed by atoms with Gasteiger partial charge in [0.1, 0.15) is 49.3 Å². The molecule has 9 atom stereocenters. The van der Waals surface area contributed by atoms with Crippen LogP contribution in [-0.2, 0) is 14.2 Å². The minimum Gasteiger partial charge on any atom is -0.394 e. The van der Waals surface area contributed by atoms with Crippen molar-refractivity contribution in [2.45, 2.75) is 54.8 Å². The van der Waals surface area contributed by atoms with Gasteiger partial charge in [-0.2, -0.15) is 0 Å². The molecule has 2 rings (SSSR count). The van der Waals surface area contributed by atoms with Crippen LogP contribution in [0.25, 0.3) is 0 Å². The van der Waals surface area contributed by atoms with E-state index in [2.05, 4.69) is 0 Å². The Morgan fingerprint density at radius 1 is 0.957 bits per heavy atom. The Morgan fingerprint density at radius 3 is 2.22 bits per heavy atom. The van der Waals surface area contributed by atoms with E-state index in [-0.39, 0.29) is 0 Å². The van der Waals surface area contributed by atoms with Crippen LogP contribution in [0.5, 0.6) is 0 Å². The summed E-state index contributed by atoms with van der Waals surface area (Å²) in [6.45, 7) is -1.90. The van der Waals surface area contributed by atoms with Crippen molar-refractivity contribution in [3.63, 3.8) is 0 Å². The fraction of sp³-hybridized carbons (Fsp3) is 1.00. The third kappa shape index (κ3) is 3.65. The summed E-state index contributed by atoms with van der Waals surface area (Å²) in [5.41, 5.74) is 0. The minimum atomic E-state index is -2.38. The molecular formula is C12H22O11. The first-order valence-corrected chi connectivity index (χ1v) is 7.04. The minimum absolute atomic E-state index is 0.466. The molecule has 0 spiro atoms. The molecule has 2 heterocycles. The molecule has 23 heavy (non-hydrogen) atoms. The van der Waals surface area contributed by atoms with Gasteiger partial charge in [0, 0.05) is 0 Å². The smallest absolute Gasteiger partial charge is 0.219 e. The molecule has 2 aliphatic rings. The highest BCUT2D eigenvalue weighted by atomic mass is 16.7. The maximum Gasteiger partial charge on any atom is 0.219 e. The Balaban J connectivity index is 1.99. The second-order valence-corrected chi connectivity index (χ2v) is 5.67. The summed E-state index contributed by atoms with van der Waals surface area (Å²) in [6, 6.07) is 0. The van der Waals surface area contributed by atoms with Gasteiger partial charge >= 0.3 is 0 Å². The standard InChI is InChI=1S/C12H22O11/c13-1-5-7(16)8(17)9(18)11(23-5)21-3-12(20)10(19)6(15)4(14)2-22-12/h4-11,13-20H,1-3H2/t4-,5-,6+,7+,8+,9-,10+,11-,12?/m1/s1. The van der Waals surface area contributed by atoms with Crippen molar-refractivity contribution in [3.05, 3.63) is 0 Å². The molecule has 0 aromatic rings. The fourth-order valence-corrected chi connectivity index (χ4v) is 2.42. The molecule has 0 amide bonds. The Hall–Kier alpha value is -0.440. The van der Waals surface area contributed by atoms with Crippen molar-refractivity contribution in [3.8, 4) is 0 Å². The quantitative estimate of drug-likeness (QED) is 0.243. The monoisotopic (exact) mass is 342 g/mol. The maximum atomic E-state index is 10.1. The van der Waals surface area contributed by atoms with Crippen molar-refractivity contribution < 1.29 is 55.1 Å². The zero-order valence-electron chi connectivity index (χ0n) is 12.0. The Bertz CT molecular complexity index is 393. The molecule has 0 saturated carbocycles. The van der Waals surface area contributed by atoms with Gasteiger partial charge in [0.15, 0.2) is 6.29 Å². The van der Waals surface area contributed by atoms with Gasteiger partial charge in [-0.25, -0.2) is 0 Å². The molecule has 0 aromatic carbocycles. The molecule has 1 unspecified atom stereocenters. The average molecular weight is 342 g/mol. The summed E-state index contributed by atoms with van der Waals surface area (Å²) >= 11 is 0. The van der Waals surface area contributed by atoms with Crippen LogP contribution < -0.4 is 0 Å². The van der Waals surface area contributed by atoms with Crippen molar-refractivity contribution in [1.82, 2.24) is 0 Å². The van der Waals surface area contributed by atoms with E-state index in [1.807, 2.05) is 0 Å². The van der Waals surface area contributed by atoms with Gasteiger partial charge in [0.25, 0.3) is 0 Å². The van der Waals surface area contributed by atoms with E-state index in [1.165, 1.54) is 0 Å². The van der Waals surface area contributed by atoms with E-state index < -0.39 is 74.6 Å². The third-order valence-corrected chi connectivity index (χ3v) is 3.99. The molecule has 0 aromatic heterocycles. The predicted molar refractivity (Wildman–Crippen MR) is 68.6 cm³/mol. The van der Waals surface area contributed by atoms with E-state index in [0.29, 0.717) is 0 Å². The predicted octanol–water partition coefficient (Wildman–Crippen LogP) is -5.40. The molecule has 11 heteroatoms. The van der Waals surface area contributed by atoms with E-state index in [0.717, 1.165) is 0 Å². The highest BCUT2D eigenvalue weighted by Gasteiger charge is 2.50. The lowest BCUT2D eigenvalue weighted by Crippen LogP contribution is -2.64. The number of aliphatic hydroxyl groups excluding tert-OH is 7. The second kappa shape index (κ2) is 7.21. The van der Waals surface area contributed by atoms with Crippen molar-refractivity contribution in [2.24, 2.45) is 0 Å². The summed E-state index contributed by atoms with van der Waals surface area (Å²) in [4.78, 5) is 0. The summed E-state index contributed by atoms with van der Waals surface area (Å²) in [5, 5.41) is 76.8. The summed E-state index contributed by atoms with van der Waals surface area (Å²) < 4.78 is 15.0. The number of hydrogen-bond donors (Lipinski definition) is 8. The second-order valence-electron chi connectivity index (χ2n) is 5.67. The van der Waals surface area contributed by atoms with E-state index in [4.69, 9.17) is 19.3 Å². The molecule has 2 fully saturated rings. The summed E-state index contributed by atoms with van der Waals surface area (Å²) in [5.74, 6) is -2.38. The Kier molecular flexibility index (Phi) is 5.92. The number of aliphatic hydroxyl groups is 8. The first kappa shape index (κ1) is 18.9. The molecule has 0 bridgehead atoms. The largest absolute Gasteiger partial charge is 0.394 e. The van der Waals surface area contributed by atoms with Crippen LogP contribution in [0.1, 0.15) is 0 Å². The van der Waals surface area contributed by atoms with Gasteiger partial charge in [-0.15, -0.1) is 0 Å². The molecule has 136 valence electrons. The molecule has 11 nitrogen and oxygen atoms in total. The van der Waals surface area contributed by atoms with Crippen LogP contribution >= 0.6 is 0 Å². The van der Waals surface area contributed by atoms with Gasteiger partial charge in [0.05, 0.1) is 13.2 Å². The number of ether oxygens (including phenoxy) is 3. The maximum absolute atomic E-state index is 10.1. The van der Waals surface area contributed by atoms with Crippen LogP contribution in [-0.4, -0.2) is 115 Å². The van der Waals surface area contributed by atoms with E-state index in [9.17, 15) is 35.7 Å². The van der Waals surface area contributed by atoms with E-state index in [1.54, 1.807) is 0 Å². The van der Waals surface area contributed by atoms with Gasteiger partial charge in [-0.05, 0) is 0 Å². The Labute approximate surface area is 130 Å². The van der Waals surface area contributed by atoms with Crippen molar-refractivity contribution in [2.75, 3.05) is 19.8 Å². The lowest BCUT2D eigenvalue weighted by molar-refractivity contribution is -0.364. The first-order valence-electron chi connectivity index (χ1n) is 7.04. The topological polar surface area (TPSA) is 190 Å². The van der Waals surface area contributed by atoms with Crippen LogP contribution in [0.4, 0.5) is 0 Å².